The zero-order valence-corrected chi connectivity index (χ0v) is 49.5. The fourth-order valence-electron chi connectivity index (χ4n) is 22.0. The minimum absolute atomic E-state index is 0.0182. The third-order valence-electron chi connectivity index (χ3n) is 25.4. The van der Waals surface area contributed by atoms with Gasteiger partial charge in [0.05, 0.1) is 36.4 Å². The second-order valence-electron chi connectivity index (χ2n) is 29.4. The molecule has 0 radical (unpaired) electrons. The van der Waals surface area contributed by atoms with Gasteiger partial charge in [-0.15, -0.1) is 0 Å². The van der Waals surface area contributed by atoms with Gasteiger partial charge >= 0.3 is 0 Å². The van der Waals surface area contributed by atoms with Crippen molar-refractivity contribution in [2.75, 3.05) is 4.90 Å². The molecule has 6 fully saturated rings. The minimum Gasteiger partial charge on any atom is -0.489 e. The highest BCUT2D eigenvalue weighted by Gasteiger charge is 2.66. The van der Waals surface area contributed by atoms with Gasteiger partial charge in [-0.2, -0.15) is 0 Å². The van der Waals surface area contributed by atoms with Crippen molar-refractivity contribution in [3.05, 3.63) is 171 Å². The molecule has 84 heavy (non-hydrogen) atoms. The largest absolute Gasteiger partial charge is 0.489 e. The average molecular weight is 1120 g/mol. The zero-order valence-electron chi connectivity index (χ0n) is 49.5. The Kier molecular flexibility index (Phi) is 12.5. The van der Waals surface area contributed by atoms with Crippen LogP contribution in [0.25, 0.3) is 0 Å². The molecule has 6 aliphatic heterocycles. The van der Waals surface area contributed by atoms with Gasteiger partial charge in [-0.25, -0.2) is 0 Å². The van der Waals surface area contributed by atoms with E-state index >= 15 is 0 Å². The quantitative estimate of drug-likeness (QED) is 0.218. The molecule has 1 aromatic rings. The Morgan fingerprint density at radius 1 is 0.595 bits per heavy atom. The minimum atomic E-state index is -0.363. The van der Waals surface area contributed by atoms with Crippen molar-refractivity contribution in [3.8, 4) is 0 Å². The zero-order chi connectivity index (χ0) is 54.7. The summed E-state index contributed by atoms with van der Waals surface area (Å²) in [5, 5.41) is 0. The van der Waals surface area contributed by atoms with Crippen LogP contribution in [-0.4, -0.2) is 91.5 Å². The standard InChI is InChI=1S/C74H86B2N2O6/c1-2-18-47-38-52(35-33-43(47)15-1)77-60-40-49-20-4-3-19-48(49)39-57(60)76-68-61(77)41-51(42-66(68)83-73-71(76)79-62-29-9-10-30-63(62)80-73)46-22-11-23-50(37-46)55-26-13-32-65-70(55)84-72-74(82-65)81-64-31-14-28-59-67(64)75(72)56-36-34-45-17-6-8-25-54(45)69(56)78(59)58-27-12-21-44-16-5-7-24-53(44)58/h5-6,9,12,16-17,21,26-27,29,33-36,38,40-41,46,48,50,53,56-58,60-61,64-66,68-74H,1-4,7-8,10-11,13-15,18-20,22-25,28,30-32,37,39,42H2. The van der Waals surface area contributed by atoms with Crippen LogP contribution in [0.5, 0.6) is 0 Å². The molecule has 19 atom stereocenters. The third kappa shape index (κ3) is 8.05. The third-order valence-corrected chi connectivity index (χ3v) is 25.4. The van der Waals surface area contributed by atoms with Crippen LogP contribution in [0.3, 0.4) is 0 Å². The van der Waals surface area contributed by atoms with E-state index in [1.807, 2.05) is 0 Å². The Bertz CT molecular complexity index is 3300. The number of allylic oxidation sites excluding steroid dienone is 14. The molecule has 0 aromatic heterocycles. The van der Waals surface area contributed by atoms with E-state index in [2.05, 4.69) is 113 Å². The SMILES string of the molecule is C1=CC(N2C3=C4B(C5C=CC6=C(CCC=C6)C52)C2OC5C(C6CCCC(C7=CC8C9B(C%10CC%11CCCCC%11=CC%10N8c8ccc%10c(c8)CCCC%10)C8OC%10=C(CCC=C%10)OC8OC9C7)C6)=CCCC5OC2OC4CCC3)C2CCC=CC2=C1. The maximum absolute atomic E-state index is 7.98. The van der Waals surface area contributed by atoms with Crippen molar-refractivity contribution in [3.63, 3.8) is 0 Å². The van der Waals surface area contributed by atoms with Crippen molar-refractivity contribution in [1.29, 1.82) is 0 Å². The van der Waals surface area contributed by atoms with E-state index in [4.69, 9.17) is 28.4 Å². The van der Waals surface area contributed by atoms with Crippen LogP contribution in [0.4, 0.5) is 5.69 Å². The van der Waals surface area contributed by atoms with Gasteiger partial charge in [-0.3, -0.25) is 0 Å². The highest BCUT2D eigenvalue weighted by atomic mass is 16.7. The lowest BCUT2D eigenvalue weighted by atomic mass is 9.23. The Morgan fingerprint density at radius 2 is 1.46 bits per heavy atom. The van der Waals surface area contributed by atoms with Gasteiger partial charge in [0.2, 0.25) is 19.7 Å². The molecule has 8 nitrogen and oxygen atoms in total. The van der Waals surface area contributed by atoms with Crippen molar-refractivity contribution < 1.29 is 28.4 Å². The number of hydrogen-bond donors (Lipinski definition) is 0. The van der Waals surface area contributed by atoms with Crippen molar-refractivity contribution in [2.45, 2.75) is 251 Å². The topological polar surface area (TPSA) is 61.9 Å². The predicted octanol–water partition coefficient (Wildman–Crippen LogP) is 15.0. The first kappa shape index (κ1) is 51.3. The van der Waals surface area contributed by atoms with Crippen LogP contribution in [0, 0.1) is 23.7 Å². The Hall–Kier alpha value is -4.73. The summed E-state index contributed by atoms with van der Waals surface area (Å²) < 4.78 is 44.8. The Labute approximate surface area is 500 Å². The number of fused-ring (bicyclic) bond motifs is 13. The fourth-order valence-corrected chi connectivity index (χ4v) is 22.0. The molecule has 434 valence electrons. The lowest BCUT2D eigenvalue weighted by Gasteiger charge is -2.62. The van der Waals surface area contributed by atoms with Crippen LogP contribution >= 0.6 is 0 Å². The molecule has 12 aliphatic carbocycles. The molecule has 1 aromatic carbocycles. The van der Waals surface area contributed by atoms with Crippen molar-refractivity contribution in [1.82, 2.24) is 4.90 Å². The van der Waals surface area contributed by atoms with Gasteiger partial charge in [0, 0.05) is 35.8 Å². The number of rotatable bonds is 4. The van der Waals surface area contributed by atoms with Crippen molar-refractivity contribution in [2.24, 2.45) is 23.7 Å². The Balaban J connectivity index is 0.665. The normalized spacial score (nSPS) is 42.7. The molecule has 0 N–H and O–H groups in total. The van der Waals surface area contributed by atoms with Crippen LogP contribution in [0.1, 0.15) is 159 Å². The maximum Gasteiger partial charge on any atom is 0.229 e. The molecule has 6 heterocycles. The molecular weight excluding hydrogens is 1030 g/mol. The lowest BCUT2D eigenvalue weighted by molar-refractivity contribution is -0.293. The number of nitrogens with zero attached hydrogens (tertiary/aromatic N) is 2. The molecule has 18 aliphatic rings. The summed E-state index contributed by atoms with van der Waals surface area (Å²) in [5.74, 6) is 5.21. The van der Waals surface area contributed by atoms with E-state index in [-0.39, 0.29) is 61.8 Å². The molecule has 19 rings (SSSR count). The van der Waals surface area contributed by atoms with E-state index in [9.17, 15) is 0 Å². The highest BCUT2D eigenvalue weighted by molar-refractivity contribution is 6.71. The van der Waals surface area contributed by atoms with Crippen LogP contribution in [0.2, 0.25) is 17.5 Å². The molecule has 4 saturated heterocycles. The lowest BCUT2D eigenvalue weighted by Crippen LogP contribution is -2.71. The fraction of sp³-hybridized carbons (Fsp3) is 0.595. The number of aryl methyl sites for hydroxylation is 2. The first-order valence-electron chi connectivity index (χ1n) is 34.6. The van der Waals surface area contributed by atoms with Crippen LogP contribution in [-0.2, 0) is 41.3 Å². The number of hydrogen-bond acceptors (Lipinski definition) is 8. The summed E-state index contributed by atoms with van der Waals surface area (Å²) in [6, 6.07) is 8.65. The predicted molar refractivity (Wildman–Crippen MR) is 332 cm³/mol. The molecular formula is C74H86B2N2O6. The van der Waals surface area contributed by atoms with Crippen LogP contribution in [0.15, 0.2) is 159 Å². The first-order chi connectivity index (χ1) is 41.6. The highest BCUT2D eigenvalue weighted by Crippen LogP contribution is 2.61. The summed E-state index contributed by atoms with van der Waals surface area (Å²) in [7, 11) is 0. The number of anilines is 1. The van der Waals surface area contributed by atoms with E-state index in [1.165, 1.54) is 107 Å². The van der Waals surface area contributed by atoms with Crippen molar-refractivity contribution >= 4 is 19.1 Å². The number of ether oxygens (including phenoxy) is 6. The summed E-state index contributed by atoms with van der Waals surface area (Å²) in [5.41, 5.74) is 17.3. The van der Waals surface area contributed by atoms with Gasteiger partial charge in [0.1, 0.15) is 17.9 Å². The van der Waals surface area contributed by atoms with Crippen LogP contribution < -0.4 is 4.90 Å². The van der Waals surface area contributed by atoms with Gasteiger partial charge in [0.15, 0.2) is 12.0 Å². The smallest absolute Gasteiger partial charge is 0.229 e. The number of benzene rings is 1. The van der Waals surface area contributed by atoms with Gasteiger partial charge in [-0.05, 0) is 228 Å². The summed E-state index contributed by atoms with van der Waals surface area (Å²) in [6.07, 6.45) is 63.7. The summed E-state index contributed by atoms with van der Waals surface area (Å²) >= 11 is 0. The molecule has 2 saturated carbocycles. The summed E-state index contributed by atoms with van der Waals surface area (Å²) in [6.45, 7) is 0.578. The maximum atomic E-state index is 7.98. The van der Waals surface area contributed by atoms with Gasteiger partial charge in [-0.1, -0.05) is 115 Å². The second kappa shape index (κ2) is 20.4. The molecule has 0 spiro atoms. The van der Waals surface area contributed by atoms with E-state index in [0.717, 1.165) is 82.1 Å². The summed E-state index contributed by atoms with van der Waals surface area (Å²) in [4.78, 5) is 5.98. The molecule has 0 bridgehead atoms. The van der Waals surface area contributed by atoms with E-state index < -0.39 is 0 Å². The second-order valence-corrected chi connectivity index (χ2v) is 29.4. The average Bonchev–Trinajstić information content (AvgIpc) is 0.865. The van der Waals surface area contributed by atoms with E-state index in [1.54, 1.807) is 44.6 Å². The Morgan fingerprint density at radius 3 is 2.45 bits per heavy atom. The van der Waals surface area contributed by atoms with Gasteiger partial charge < -0.3 is 38.2 Å². The van der Waals surface area contributed by atoms with E-state index in [0.29, 0.717) is 66.0 Å². The molecule has 19 unspecified atom stereocenters. The molecule has 0 amide bonds. The molecule has 10 heteroatoms. The first-order valence-corrected chi connectivity index (χ1v) is 34.6. The van der Waals surface area contributed by atoms with Gasteiger partial charge in [0.25, 0.3) is 0 Å². The monoisotopic (exact) mass is 1120 g/mol.